The molecule has 2 aromatic carbocycles. The molecule has 4 rings (SSSR count). The van der Waals surface area contributed by atoms with Crippen molar-refractivity contribution in [2.24, 2.45) is 0 Å². The minimum atomic E-state index is -1.05. The fourth-order valence-electron chi connectivity index (χ4n) is 4.20. The van der Waals surface area contributed by atoms with Gasteiger partial charge in [-0.05, 0) is 32.2 Å². The van der Waals surface area contributed by atoms with Gasteiger partial charge in [0.15, 0.2) is 5.82 Å². The van der Waals surface area contributed by atoms with E-state index in [9.17, 15) is 14.3 Å². The molecule has 0 radical (unpaired) electrons. The molecule has 0 saturated carbocycles. The molecule has 1 saturated heterocycles. The van der Waals surface area contributed by atoms with Crippen LogP contribution in [-0.2, 0) is 5.54 Å². The largest absolute Gasteiger partial charge is 0.496 e. The second-order valence-electron chi connectivity index (χ2n) is 7.90. The number of ether oxygens (including phenoxy) is 1. The van der Waals surface area contributed by atoms with E-state index in [0.29, 0.717) is 47.7 Å². The summed E-state index contributed by atoms with van der Waals surface area (Å²) in [7, 11) is 1.57. The second kappa shape index (κ2) is 9.54. The zero-order valence-electron chi connectivity index (χ0n) is 19.0. The molecular weight excluding hydrogens is 472 g/mol. The van der Waals surface area contributed by atoms with E-state index in [4.69, 9.17) is 17.7 Å². The molecular formula is C22H24Cl2FN5O3. The molecule has 0 spiro atoms. The number of hydrogen-bond acceptors (Lipinski definition) is 6. The molecule has 8 nitrogen and oxygen atoms in total. The highest BCUT2D eigenvalue weighted by Gasteiger charge is 2.43. The number of benzene rings is 2. The van der Waals surface area contributed by atoms with E-state index in [1.807, 2.05) is 18.9 Å². The molecule has 1 aliphatic heterocycles. The van der Waals surface area contributed by atoms with Crippen molar-refractivity contribution in [2.75, 3.05) is 39.1 Å². The smallest absolute Gasteiger partial charge is 0.408 e. The van der Waals surface area contributed by atoms with Crippen molar-refractivity contribution in [3.05, 3.63) is 53.1 Å². The lowest BCUT2D eigenvalue weighted by Gasteiger charge is -2.47. The second-order valence-corrected chi connectivity index (χ2v) is 8.31. The number of methoxy groups -OCH3 is 1. The summed E-state index contributed by atoms with van der Waals surface area (Å²) in [5.74, 6) is 0.0767. The number of aromatic nitrogens is 2. The first-order chi connectivity index (χ1) is 15.7. The third-order valence-electron chi connectivity index (χ3n) is 5.79. The minimum Gasteiger partial charge on any atom is -0.496 e. The Morgan fingerprint density at radius 2 is 2.15 bits per heavy atom. The molecule has 176 valence electrons. The predicted molar refractivity (Wildman–Crippen MR) is 128 cm³/mol. The van der Waals surface area contributed by atoms with Crippen molar-refractivity contribution < 1.29 is 20.4 Å². The van der Waals surface area contributed by atoms with Gasteiger partial charge in [0.25, 0.3) is 0 Å². The summed E-state index contributed by atoms with van der Waals surface area (Å²) < 4.78 is 27.7. The first-order valence-electron chi connectivity index (χ1n) is 10.6. The Morgan fingerprint density at radius 3 is 2.88 bits per heavy atom. The Balaban J connectivity index is 0.00000324. The molecule has 0 aliphatic carbocycles. The lowest BCUT2D eigenvalue weighted by atomic mass is 9.86. The number of halogens is 3. The van der Waals surface area contributed by atoms with E-state index < -0.39 is 17.4 Å². The third-order valence-corrected chi connectivity index (χ3v) is 6.08. The number of nitrogens with one attached hydrogen (secondary N) is 1. The van der Waals surface area contributed by atoms with Crippen molar-refractivity contribution in [1.82, 2.24) is 19.8 Å². The van der Waals surface area contributed by atoms with Crippen LogP contribution < -0.4 is 10.1 Å². The first kappa shape index (κ1) is 23.3. The Bertz CT molecular complexity index is 1220. The summed E-state index contributed by atoms with van der Waals surface area (Å²) in [6.45, 7) is 3.14. The lowest BCUT2D eigenvalue weighted by molar-refractivity contribution is 0.0220. The van der Waals surface area contributed by atoms with Gasteiger partial charge < -0.3 is 20.1 Å². The SMILES string of the molecule is Cl.[2H]COc1cc2ncnc(Nc3cccc(Cl)c3F)c2cc1[C@]1(C)CN(C)CCN1C(=O)O. The van der Waals surface area contributed by atoms with Crippen molar-refractivity contribution in [3.8, 4) is 5.75 Å². The van der Waals surface area contributed by atoms with Crippen LogP contribution in [0.2, 0.25) is 5.02 Å². The highest BCUT2D eigenvalue weighted by molar-refractivity contribution is 6.31. The molecule has 2 heterocycles. The van der Waals surface area contributed by atoms with E-state index in [0.717, 1.165) is 0 Å². The van der Waals surface area contributed by atoms with Crippen LogP contribution >= 0.6 is 24.0 Å². The van der Waals surface area contributed by atoms with Gasteiger partial charge in [0, 0.05) is 36.7 Å². The van der Waals surface area contributed by atoms with Gasteiger partial charge in [0.2, 0.25) is 0 Å². The molecule has 0 bridgehead atoms. The van der Waals surface area contributed by atoms with Crippen molar-refractivity contribution in [3.63, 3.8) is 0 Å². The van der Waals surface area contributed by atoms with Gasteiger partial charge in [0.05, 0.1) is 30.2 Å². The van der Waals surface area contributed by atoms with E-state index in [1.165, 1.54) is 23.4 Å². The van der Waals surface area contributed by atoms with Gasteiger partial charge in [-0.3, -0.25) is 4.90 Å². The number of likely N-dealkylation sites (N-methyl/N-ethyl adjacent to an activating group) is 1. The molecule has 11 heteroatoms. The molecule has 2 N–H and O–H groups in total. The quantitative estimate of drug-likeness (QED) is 0.538. The van der Waals surface area contributed by atoms with E-state index in [1.54, 1.807) is 18.2 Å². The number of carbonyl (C=O) groups is 1. The van der Waals surface area contributed by atoms with Crippen LogP contribution in [0.25, 0.3) is 10.9 Å². The van der Waals surface area contributed by atoms with Crippen LogP contribution in [0.15, 0.2) is 36.7 Å². The normalized spacial score (nSPS) is 19.0. The number of fused-ring (bicyclic) bond motifs is 1. The monoisotopic (exact) mass is 496 g/mol. The van der Waals surface area contributed by atoms with Gasteiger partial charge in [-0.2, -0.15) is 0 Å². The molecule has 1 amide bonds. The van der Waals surface area contributed by atoms with Gasteiger partial charge in [0.1, 0.15) is 17.9 Å². The zero-order chi connectivity index (χ0) is 23.8. The maximum Gasteiger partial charge on any atom is 0.408 e. The highest BCUT2D eigenvalue weighted by Crippen LogP contribution is 2.41. The number of anilines is 2. The number of rotatable bonds is 4. The highest BCUT2D eigenvalue weighted by atomic mass is 35.5. The van der Waals surface area contributed by atoms with Crippen LogP contribution in [0, 0.1) is 5.82 Å². The Morgan fingerprint density at radius 1 is 1.36 bits per heavy atom. The number of nitrogens with zero attached hydrogens (tertiary/aromatic N) is 4. The third kappa shape index (κ3) is 4.48. The number of hydrogen-bond donors (Lipinski definition) is 2. The molecule has 0 unspecified atom stereocenters. The van der Waals surface area contributed by atoms with Crippen molar-refractivity contribution in [2.45, 2.75) is 12.5 Å². The van der Waals surface area contributed by atoms with Crippen LogP contribution in [0.4, 0.5) is 20.7 Å². The first-order valence-corrected chi connectivity index (χ1v) is 10.2. The molecule has 33 heavy (non-hydrogen) atoms. The maximum absolute atomic E-state index is 14.5. The number of carboxylic acid groups (broad SMARTS) is 1. The van der Waals surface area contributed by atoms with Crippen molar-refractivity contribution >= 4 is 52.5 Å². The molecule has 1 fully saturated rings. The van der Waals surface area contributed by atoms with Gasteiger partial charge in [-0.25, -0.2) is 19.2 Å². The van der Waals surface area contributed by atoms with Crippen molar-refractivity contribution in [1.29, 1.82) is 0 Å². The topological polar surface area (TPSA) is 90.8 Å². The maximum atomic E-state index is 14.5. The van der Waals surface area contributed by atoms with Crippen LogP contribution in [0.3, 0.4) is 0 Å². The predicted octanol–water partition coefficient (Wildman–Crippen LogP) is 4.74. The molecule has 1 atom stereocenters. The number of piperazine rings is 1. The van der Waals surface area contributed by atoms with Gasteiger partial charge in [-0.1, -0.05) is 17.7 Å². The summed E-state index contributed by atoms with van der Waals surface area (Å²) >= 11 is 5.91. The Hall–Kier alpha value is -2.88. The van der Waals surface area contributed by atoms with Crippen LogP contribution in [0.1, 0.15) is 13.9 Å². The van der Waals surface area contributed by atoms with E-state index in [2.05, 4.69) is 15.3 Å². The van der Waals surface area contributed by atoms with E-state index in [-0.39, 0.29) is 30.2 Å². The molecule has 3 aromatic rings. The lowest BCUT2D eigenvalue weighted by Crippen LogP contribution is -2.59. The summed E-state index contributed by atoms with van der Waals surface area (Å²) in [6.07, 6.45) is 0.280. The zero-order valence-corrected chi connectivity index (χ0v) is 19.6. The Kier molecular flexibility index (Phi) is 6.73. The average molecular weight is 497 g/mol. The summed E-state index contributed by atoms with van der Waals surface area (Å²) in [6, 6.07) is 8.01. The van der Waals surface area contributed by atoms with Crippen LogP contribution in [0.5, 0.6) is 5.75 Å². The van der Waals surface area contributed by atoms with Gasteiger partial charge in [-0.15, -0.1) is 12.4 Å². The fourth-order valence-corrected chi connectivity index (χ4v) is 4.37. The average Bonchev–Trinajstić information content (AvgIpc) is 2.76. The van der Waals surface area contributed by atoms with Gasteiger partial charge >= 0.3 is 6.09 Å². The standard InChI is InChI=1S/C22H23ClFN5O3.ClH/c1-22(11-28(2)7-8-29(22)21(30)31)14-9-13-17(10-18(14)32-3)25-12-26-20(13)27-16-6-4-5-15(23)19(16)24;/h4-6,9-10,12H,7-8,11H2,1-3H3,(H,30,31)(H,25,26,27);1H/t22-;/m0./s1/i3D;. The Labute approximate surface area is 203 Å². The molecule has 1 aromatic heterocycles. The number of amides is 1. The fraction of sp³-hybridized carbons (Fsp3) is 0.318. The summed E-state index contributed by atoms with van der Waals surface area (Å²) in [5.41, 5.74) is 0.245. The summed E-state index contributed by atoms with van der Waals surface area (Å²) in [5, 5.41) is 13.4. The van der Waals surface area contributed by atoms with E-state index >= 15 is 0 Å². The molecule has 1 aliphatic rings. The summed E-state index contributed by atoms with van der Waals surface area (Å²) in [4.78, 5) is 24.1. The minimum absolute atomic E-state index is 0. The van der Waals surface area contributed by atoms with Crippen LogP contribution in [-0.4, -0.2) is 64.7 Å².